The molecule has 5 N–H and O–H groups in total. The van der Waals surface area contributed by atoms with Crippen LogP contribution in [-0.4, -0.2) is 21.5 Å². The Balaban J connectivity index is 2.87. The van der Waals surface area contributed by atoms with Crippen molar-refractivity contribution in [2.24, 2.45) is 10.8 Å². The van der Waals surface area contributed by atoms with E-state index in [-0.39, 0.29) is 16.6 Å². The largest absolute Gasteiger partial charge is 0.504 e. The lowest BCUT2D eigenvalue weighted by Crippen LogP contribution is -2.23. The maximum absolute atomic E-state index is 9.28. The zero-order valence-corrected chi connectivity index (χ0v) is 9.84. The summed E-state index contributed by atoms with van der Waals surface area (Å²) in [4.78, 5) is 0. The predicted octanol–water partition coefficient (Wildman–Crippen LogP) is 1.03. The average molecular weight is 290 g/mol. The van der Waals surface area contributed by atoms with Crippen molar-refractivity contribution in [1.29, 1.82) is 0 Å². The summed E-state index contributed by atoms with van der Waals surface area (Å²) in [5, 5.41) is 22.3. The van der Waals surface area contributed by atoms with Gasteiger partial charge in [0, 0.05) is 0 Å². The Morgan fingerprint density at radius 3 is 2.73 bits per heavy atom. The quantitative estimate of drug-likeness (QED) is 0.283. The lowest BCUT2D eigenvalue weighted by atomic mass is 10.2. The van der Waals surface area contributed by atoms with E-state index in [4.69, 9.17) is 5.73 Å². The Morgan fingerprint density at radius 2 is 2.20 bits per heavy atom. The van der Waals surface area contributed by atoms with E-state index in [2.05, 4.69) is 38.7 Å². The maximum atomic E-state index is 9.28. The number of thiocarbonyl (C=S) groups is 1. The van der Waals surface area contributed by atoms with Crippen LogP contribution in [0.25, 0.3) is 0 Å². The molecule has 0 radical (unpaired) electrons. The number of phenolic OH excluding ortho intramolecular Hbond substituents is 2. The number of hydrazone groups is 1. The summed E-state index contributed by atoms with van der Waals surface area (Å²) in [6, 6.07) is 2.94. The Labute approximate surface area is 99.7 Å². The van der Waals surface area contributed by atoms with Crippen molar-refractivity contribution < 1.29 is 10.2 Å². The number of hydrogen-bond acceptors (Lipinski definition) is 4. The zero-order chi connectivity index (χ0) is 11.4. The summed E-state index contributed by atoms with van der Waals surface area (Å²) >= 11 is 7.61. The van der Waals surface area contributed by atoms with Gasteiger partial charge in [0.1, 0.15) is 0 Å². The molecule has 0 heterocycles. The van der Waals surface area contributed by atoms with Crippen molar-refractivity contribution in [2.75, 3.05) is 0 Å². The molecule has 0 aliphatic carbocycles. The molecule has 15 heavy (non-hydrogen) atoms. The third-order valence-electron chi connectivity index (χ3n) is 1.45. The molecule has 0 saturated heterocycles. The van der Waals surface area contributed by atoms with Gasteiger partial charge < -0.3 is 15.9 Å². The molecule has 0 spiro atoms. The number of aromatic hydroxyl groups is 2. The van der Waals surface area contributed by atoms with Crippen LogP contribution in [0, 0.1) is 0 Å². The Hall–Kier alpha value is -1.34. The molecule has 0 bridgehead atoms. The van der Waals surface area contributed by atoms with E-state index in [1.807, 2.05) is 0 Å². The molecule has 7 heteroatoms. The summed E-state index contributed by atoms with van der Waals surface area (Å²) in [6.45, 7) is 0. The summed E-state index contributed by atoms with van der Waals surface area (Å²) < 4.78 is 0.374. The van der Waals surface area contributed by atoms with Crippen LogP contribution in [-0.2, 0) is 0 Å². The number of nitrogens with one attached hydrogen (secondary N) is 1. The number of phenols is 2. The zero-order valence-electron chi connectivity index (χ0n) is 7.44. The average Bonchev–Trinajstić information content (AvgIpc) is 2.13. The minimum Gasteiger partial charge on any atom is -0.504 e. The van der Waals surface area contributed by atoms with Gasteiger partial charge in [-0.1, -0.05) is 0 Å². The predicted molar refractivity (Wildman–Crippen MR) is 65.0 cm³/mol. The molecule has 0 atom stereocenters. The second-order valence-corrected chi connectivity index (χ2v) is 3.90. The molecule has 0 saturated carbocycles. The summed E-state index contributed by atoms with van der Waals surface area (Å²) in [5.74, 6) is -0.449. The Kier molecular flexibility index (Phi) is 3.87. The van der Waals surface area contributed by atoms with E-state index in [0.29, 0.717) is 10.0 Å². The van der Waals surface area contributed by atoms with Gasteiger partial charge in [0.15, 0.2) is 16.6 Å². The first-order valence-electron chi connectivity index (χ1n) is 3.80. The first-order valence-corrected chi connectivity index (χ1v) is 5.01. The fraction of sp³-hybridized carbons (Fsp3) is 0. The standard InChI is InChI=1S/C8H8BrN3O2S/c9-5-1-4(2-6(13)7(5)14)3-11-12-8(10)15/h1-3,13-14H,(H3,10,12,15)/b11-3+. The van der Waals surface area contributed by atoms with Crippen LogP contribution in [0.2, 0.25) is 0 Å². The third-order valence-corrected chi connectivity index (χ3v) is 2.15. The number of nitrogens with zero attached hydrogens (tertiary/aromatic N) is 1. The monoisotopic (exact) mass is 289 g/mol. The van der Waals surface area contributed by atoms with Crippen molar-refractivity contribution in [1.82, 2.24) is 5.43 Å². The fourth-order valence-electron chi connectivity index (χ4n) is 0.850. The molecule has 0 aliphatic heterocycles. The van der Waals surface area contributed by atoms with Crippen molar-refractivity contribution in [3.63, 3.8) is 0 Å². The van der Waals surface area contributed by atoms with Gasteiger partial charge >= 0.3 is 0 Å². The maximum Gasteiger partial charge on any atom is 0.184 e. The van der Waals surface area contributed by atoms with Crippen molar-refractivity contribution >= 4 is 39.5 Å². The van der Waals surface area contributed by atoms with E-state index in [1.165, 1.54) is 12.3 Å². The van der Waals surface area contributed by atoms with Crippen molar-refractivity contribution in [3.05, 3.63) is 22.2 Å². The van der Waals surface area contributed by atoms with Gasteiger partial charge in [0.25, 0.3) is 0 Å². The molecule has 80 valence electrons. The highest BCUT2D eigenvalue weighted by Gasteiger charge is 2.05. The minimum atomic E-state index is -0.235. The molecule has 1 aromatic carbocycles. The second kappa shape index (κ2) is 4.94. The normalized spacial score (nSPS) is 10.5. The fourth-order valence-corrected chi connectivity index (χ4v) is 1.37. The van der Waals surface area contributed by atoms with Gasteiger partial charge in [0.05, 0.1) is 10.7 Å². The summed E-state index contributed by atoms with van der Waals surface area (Å²) in [7, 11) is 0. The second-order valence-electron chi connectivity index (χ2n) is 2.60. The van der Waals surface area contributed by atoms with Crippen LogP contribution in [0.4, 0.5) is 0 Å². The Morgan fingerprint density at radius 1 is 1.53 bits per heavy atom. The first kappa shape index (κ1) is 11.7. The first-order chi connectivity index (χ1) is 7.00. The van der Waals surface area contributed by atoms with Crippen LogP contribution < -0.4 is 11.2 Å². The van der Waals surface area contributed by atoms with E-state index in [0.717, 1.165) is 0 Å². The van der Waals surface area contributed by atoms with Crippen LogP contribution in [0.3, 0.4) is 0 Å². The van der Waals surface area contributed by atoms with Gasteiger partial charge in [-0.25, -0.2) is 0 Å². The molecule has 0 aromatic heterocycles. The SMILES string of the molecule is NC(=S)N/N=C/c1cc(O)c(O)c(Br)c1. The van der Waals surface area contributed by atoms with Gasteiger partial charge in [-0.3, -0.25) is 5.43 Å². The third kappa shape index (κ3) is 3.37. The van der Waals surface area contributed by atoms with E-state index < -0.39 is 0 Å². The lowest BCUT2D eigenvalue weighted by molar-refractivity contribution is 0.401. The molecule has 0 fully saturated rings. The number of halogens is 1. The number of nitrogens with two attached hydrogens (primary N) is 1. The summed E-state index contributed by atoms with van der Waals surface area (Å²) in [5.41, 5.74) is 8.10. The summed E-state index contributed by atoms with van der Waals surface area (Å²) in [6.07, 6.45) is 1.41. The van der Waals surface area contributed by atoms with Gasteiger partial charge in [0.2, 0.25) is 0 Å². The molecular weight excluding hydrogens is 282 g/mol. The van der Waals surface area contributed by atoms with Gasteiger partial charge in [-0.2, -0.15) is 5.10 Å². The topological polar surface area (TPSA) is 90.9 Å². The minimum absolute atomic E-state index is 0.0494. The van der Waals surface area contributed by atoms with Crippen molar-refractivity contribution in [3.8, 4) is 11.5 Å². The van der Waals surface area contributed by atoms with E-state index in [1.54, 1.807) is 6.07 Å². The van der Waals surface area contributed by atoms with Crippen molar-refractivity contribution in [2.45, 2.75) is 0 Å². The number of benzene rings is 1. The highest BCUT2D eigenvalue weighted by Crippen LogP contribution is 2.33. The highest BCUT2D eigenvalue weighted by molar-refractivity contribution is 9.10. The van der Waals surface area contributed by atoms with Crippen LogP contribution in [0.15, 0.2) is 21.7 Å². The van der Waals surface area contributed by atoms with E-state index >= 15 is 0 Å². The van der Waals surface area contributed by atoms with Gasteiger partial charge in [-0.05, 0) is 45.8 Å². The van der Waals surface area contributed by atoms with Crippen LogP contribution >= 0.6 is 28.1 Å². The molecule has 5 nitrogen and oxygen atoms in total. The molecule has 0 unspecified atom stereocenters. The molecule has 1 aromatic rings. The molecule has 0 aliphatic rings. The highest BCUT2D eigenvalue weighted by atomic mass is 79.9. The molecule has 0 amide bonds. The molecular formula is C8H8BrN3O2S. The smallest absolute Gasteiger partial charge is 0.184 e. The van der Waals surface area contributed by atoms with E-state index in [9.17, 15) is 10.2 Å². The Bertz CT molecular complexity index is 399. The van der Waals surface area contributed by atoms with Crippen LogP contribution in [0.1, 0.15) is 5.56 Å². The lowest BCUT2D eigenvalue weighted by Gasteiger charge is -2.01. The number of hydrogen-bond donors (Lipinski definition) is 4. The molecule has 1 rings (SSSR count). The van der Waals surface area contributed by atoms with Crippen LogP contribution in [0.5, 0.6) is 11.5 Å². The van der Waals surface area contributed by atoms with Gasteiger partial charge in [-0.15, -0.1) is 0 Å². The number of rotatable bonds is 2.